The molecule has 4 rings (SSSR count). The lowest BCUT2D eigenvalue weighted by atomic mass is 10.1. The predicted octanol–water partition coefficient (Wildman–Crippen LogP) is 2.30. The number of carbonyl (C=O) groups is 1. The van der Waals surface area contributed by atoms with E-state index in [0.717, 1.165) is 32.5 Å². The van der Waals surface area contributed by atoms with Crippen LogP contribution in [0, 0.1) is 11.7 Å². The molecule has 0 spiro atoms. The second-order valence-electron chi connectivity index (χ2n) is 9.14. The highest BCUT2D eigenvalue weighted by Crippen LogP contribution is 2.24. The summed E-state index contributed by atoms with van der Waals surface area (Å²) in [6.45, 7) is 8.80. The Morgan fingerprint density at radius 2 is 1.97 bits per heavy atom. The first-order valence-corrected chi connectivity index (χ1v) is 11.4. The van der Waals surface area contributed by atoms with Gasteiger partial charge < -0.3 is 4.90 Å². The molecule has 8 heteroatoms. The van der Waals surface area contributed by atoms with Crippen LogP contribution < -0.4 is 5.69 Å². The lowest BCUT2D eigenvalue weighted by Gasteiger charge is -2.37. The summed E-state index contributed by atoms with van der Waals surface area (Å²) in [5.41, 5.74) is 0.400. The third-order valence-electron chi connectivity index (χ3n) is 6.19. The number of nitrogens with zero attached hydrogens (tertiary/aromatic N) is 5. The normalized spacial score (nSPS) is 20.0. The molecule has 0 radical (unpaired) electrons. The highest BCUT2D eigenvalue weighted by Gasteiger charge is 2.33. The molecular weight excluding hydrogens is 397 g/mol. The van der Waals surface area contributed by atoms with Crippen LogP contribution in [0.5, 0.6) is 0 Å². The molecule has 1 fully saturated rings. The van der Waals surface area contributed by atoms with Crippen molar-refractivity contribution in [2.75, 3.05) is 32.7 Å². The topological polar surface area (TPSA) is 63.4 Å². The summed E-state index contributed by atoms with van der Waals surface area (Å²) < 4.78 is 16.5. The summed E-state index contributed by atoms with van der Waals surface area (Å²) in [5.74, 6) is 0.959. The average molecular weight is 430 g/mol. The van der Waals surface area contributed by atoms with Crippen LogP contribution >= 0.6 is 0 Å². The molecule has 0 aliphatic carbocycles. The van der Waals surface area contributed by atoms with Crippen molar-refractivity contribution >= 4 is 5.91 Å². The van der Waals surface area contributed by atoms with Gasteiger partial charge in [-0.2, -0.15) is 5.10 Å². The van der Waals surface area contributed by atoms with Crippen LogP contribution in [0.3, 0.4) is 0 Å². The number of hydrogen-bond donors (Lipinski definition) is 0. The van der Waals surface area contributed by atoms with Crippen LogP contribution in [-0.4, -0.2) is 62.8 Å². The average Bonchev–Trinajstić information content (AvgIpc) is 2.90. The molecule has 1 saturated heterocycles. The Morgan fingerprint density at radius 3 is 2.68 bits per heavy atom. The van der Waals surface area contributed by atoms with Gasteiger partial charge in [-0.3, -0.25) is 14.3 Å². The molecule has 2 aromatic rings. The lowest BCUT2D eigenvalue weighted by molar-refractivity contribution is -0.137. The van der Waals surface area contributed by atoms with Gasteiger partial charge in [-0.05, 0) is 36.5 Å². The highest BCUT2D eigenvalue weighted by molar-refractivity contribution is 5.80. The maximum atomic E-state index is 13.6. The second kappa shape index (κ2) is 9.34. The molecule has 0 saturated carbocycles. The largest absolute Gasteiger partial charge is 0.346 e. The molecule has 2 aliphatic rings. The zero-order valence-electron chi connectivity index (χ0n) is 18.5. The van der Waals surface area contributed by atoms with Crippen molar-refractivity contribution in [3.8, 4) is 0 Å². The van der Waals surface area contributed by atoms with E-state index in [9.17, 15) is 14.0 Å². The molecule has 1 aromatic carbocycles. The van der Waals surface area contributed by atoms with E-state index in [4.69, 9.17) is 0 Å². The van der Waals surface area contributed by atoms with Crippen molar-refractivity contribution in [2.45, 2.75) is 52.1 Å². The predicted molar refractivity (Wildman–Crippen MR) is 116 cm³/mol. The van der Waals surface area contributed by atoms with E-state index in [1.54, 1.807) is 16.7 Å². The van der Waals surface area contributed by atoms with E-state index >= 15 is 0 Å². The Morgan fingerprint density at radius 1 is 1.19 bits per heavy atom. The van der Waals surface area contributed by atoms with Gasteiger partial charge in [-0.15, -0.1) is 0 Å². The number of rotatable bonds is 5. The first kappa shape index (κ1) is 21.7. The van der Waals surface area contributed by atoms with Crippen molar-refractivity contribution in [3.05, 3.63) is 52.0 Å². The van der Waals surface area contributed by atoms with Gasteiger partial charge in [-0.25, -0.2) is 13.9 Å². The molecule has 31 heavy (non-hydrogen) atoms. The summed E-state index contributed by atoms with van der Waals surface area (Å²) in [4.78, 5) is 30.9. The van der Waals surface area contributed by atoms with E-state index in [1.807, 2.05) is 4.90 Å². The van der Waals surface area contributed by atoms with Gasteiger partial charge in [0, 0.05) is 39.1 Å². The molecule has 1 aromatic heterocycles. The minimum Gasteiger partial charge on any atom is -0.338 e. The molecule has 1 amide bonds. The summed E-state index contributed by atoms with van der Waals surface area (Å²) in [5, 5.41) is 4.52. The van der Waals surface area contributed by atoms with Gasteiger partial charge in [0.25, 0.3) is 0 Å². The number of piperazine rings is 1. The van der Waals surface area contributed by atoms with Gasteiger partial charge in [0.15, 0.2) is 0 Å². The molecule has 1 atom stereocenters. The van der Waals surface area contributed by atoms with Gasteiger partial charge >= 0.3 is 5.69 Å². The summed E-state index contributed by atoms with van der Waals surface area (Å²) in [6.07, 6.45) is 3.14. The third-order valence-corrected chi connectivity index (χ3v) is 6.19. The maximum Gasteiger partial charge on any atom is 0.346 e. The third kappa shape index (κ3) is 4.89. The monoisotopic (exact) mass is 429 g/mol. The smallest absolute Gasteiger partial charge is 0.338 e. The Kier molecular flexibility index (Phi) is 6.55. The highest BCUT2D eigenvalue weighted by atomic mass is 19.1. The summed E-state index contributed by atoms with van der Waals surface area (Å²) >= 11 is 0. The molecule has 0 bridgehead atoms. The number of aryl methyl sites for hydroxylation is 1. The maximum absolute atomic E-state index is 13.6. The standard InChI is InChI=1S/C23H32FN5O2/c1-17(2)15-26-10-12-27(13-11-26)22(30)20-8-3-4-9-21-25-28(23(31)29(20)21)16-18-6-5-7-19(24)14-18/h5-7,14,17,20H,3-4,8-13,15-16H2,1-2H3. The van der Waals surface area contributed by atoms with E-state index < -0.39 is 6.04 Å². The fraction of sp³-hybridized carbons (Fsp3) is 0.609. The summed E-state index contributed by atoms with van der Waals surface area (Å²) in [7, 11) is 0. The van der Waals surface area contributed by atoms with Gasteiger partial charge in [0.2, 0.25) is 5.91 Å². The number of hydrogen-bond acceptors (Lipinski definition) is 4. The van der Waals surface area contributed by atoms with Gasteiger partial charge in [0.1, 0.15) is 17.7 Å². The van der Waals surface area contributed by atoms with Crippen LogP contribution in [-0.2, 0) is 17.8 Å². The number of benzene rings is 1. The zero-order valence-corrected chi connectivity index (χ0v) is 18.5. The number of fused-ring (bicyclic) bond motifs is 1. The van der Waals surface area contributed by atoms with E-state index in [2.05, 4.69) is 23.8 Å². The summed E-state index contributed by atoms with van der Waals surface area (Å²) in [6, 6.07) is 5.70. The minimum atomic E-state index is -0.497. The van der Waals surface area contributed by atoms with E-state index in [1.165, 1.54) is 16.8 Å². The fourth-order valence-corrected chi connectivity index (χ4v) is 4.72. The molecule has 0 N–H and O–H groups in total. The molecule has 2 aliphatic heterocycles. The van der Waals surface area contributed by atoms with Gasteiger partial charge in [-0.1, -0.05) is 32.4 Å². The lowest BCUT2D eigenvalue weighted by Crippen LogP contribution is -2.51. The van der Waals surface area contributed by atoms with Crippen molar-refractivity contribution in [1.29, 1.82) is 0 Å². The number of carbonyl (C=O) groups excluding carboxylic acids is 1. The van der Waals surface area contributed by atoms with Crippen LogP contribution in [0.25, 0.3) is 0 Å². The first-order chi connectivity index (χ1) is 14.9. The molecule has 168 valence electrons. The number of amides is 1. The number of aromatic nitrogens is 3. The van der Waals surface area contributed by atoms with E-state index in [-0.39, 0.29) is 24.0 Å². The first-order valence-electron chi connectivity index (χ1n) is 11.4. The molecule has 1 unspecified atom stereocenters. The fourth-order valence-electron chi connectivity index (χ4n) is 4.72. The zero-order chi connectivity index (χ0) is 22.0. The van der Waals surface area contributed by atoms with Crippen molar-refractivity contribution in [1.82, 2.24) is 24.1 Å². The van der Waals surface area contributed by atoms with E-state index in [0.29, 0.717) is 43.2 Å². The molecule has 7 nitrogen and oxygen atoms in total. The van der Waals surface area contributed by atoms with Crippen molar-refractivity contribution in [2.24, 2.45) is 5.92 Å². The minimum absolute atomic E-state index is 0.0275. The van der Waals surface area contributed by atoms with Crippen LogP contribution in [0.4, 0.5) is 4.39 Å². The Balaban J connectivity index is 1.53. The van der Waals surface area contributed by atoms with Crippen LogP contribution in [0.1, 0.15) is 50.5 Å². The van der Waals surface area contributed by atoms with Gasteiger partial charge in [0.05, 0.1) is 6.54 Å². The quantitative estimate of drug-likeness (QED) is 0.732. The Bertz CT molecular complexity index is 975. The number of halogens is 1. The molecular formula is C23H32FN5O2. The molecule has 3 heterocycles. The van der Waals surface area contributed by atoms with Crippen molar-refractivity contribution in [3.63, 3.8) is 0 Å². The second-order valence-corrected chi connectivity index (χ2v) is 9.14. The Labute approximate surface area is 182 Å². The van der Waals surface area contributed by atoms with Crippen LogP contribution in [0.15, 0.2) is 29.1 Å². The Hall–Kier alpha value is -2.48. The van der Waals surface area contributed by atoms with Crippen molar-refractivity contribution < 1.29 is 9.18 Å². The SMILES string of the molecule is CC(C)CN1CCN(C(=O)C2CCCCc3nn(Cc4cccc(F)c4)c(=O)n32)CC1. The van der Waals surface area contributed by atoms with Crippen LogP contribution in [0.2, 0.25) is 0 Å².